The van der Waals surface area contributed by atoms with Gasteiger partial charge >= 0.3 is 0 Å². The summed E-state index contributed by atoms with van der Waals surface area (Å²) < 4.78 is 8.44. The van der Waals surface area contributed by atoms with Crippen LogP contribution in [0.25, 0.3) is 33.3 Å². The lowest BCUT2D eigenvalue weighted by Crippen LogP contribution is -2.33. The van der Waals surface area contributed by atoms with Crippen LogP contribution >= 0.6 is 0 Å². The van der Waals surface area contributed by atoms with Crippen LogP contribution in [-0.4, -0.2) is 40.8 Å². The number of phenolic OH excluding ortho intramolecular Hbond substituents is 1. The van der Waals surface area contributed by atoms with E-state index in [4.69, 9.17) is 4.74 Å². The second-order valence-corrected chi connectivity index (χ2v) is 10.2. The van der Waals surface area contributed by atoms with Gasteiger partial charge in [-0.2, -0.15) is 0 Å². The molecule has 0 bridgehead atoms. The van der Waals surface area contributed by atoms with Gasteiger partial charge in [-0.1, -0.05) is 73.2 Å². The second-order valence-electron chi connectivity index (χ2n) is 10.2. The Morgan fingerprint density at radius 2 is 1.47 bits per heavy atom. The molecule has 4 nitrogen and oxygen atoms in total. The van der Waals surface area contributed by atoms with Crippen molar-refractivity contribution in [3.63, 3.8) is 0 Å². The molecule has 1 aliphatic heterocycles. The molecule has 0 saturated carbocycles. The number of phenols is 1. The predicted molar refractivity (Wildman–Crippen MR) is 156 cm³/mol. The number of ether oxygens (including phenoxy) is 1. The number of piperidine rings is 1. The molecule has 4 aromatic carbocycles. The van der Waals surface area contributed by atoms with Crippen molar-refractivity contribution in [1.29, 1.82) is 0 Å². The Hall–Kier alpha value is -4.02. The maximum absolute atomic E-state index is 10.4. The number of hydrogen-bond acceptors (Lipinski definition) is 3. The minimum Gasteiger partial charge on any atom is -0.507 e. The van der Waals surface area contributed by atoms with Gasteiger partial charge in [-0.3, -0.25) is 4.90 Å². The van der Waals surface area contributed by atoms with Crippen LogP contribution in [0.1, 0.15) is 24.8 Å². The van der Waals surface area contributed by atoms with Crippen molar-refractivity contribution >= 4 is 10.9 Å². The SMILES string of the molecule is Oc1ccccc1-c1ccc2c(c1)cc(-c1ccccc1)n2Cc1ccc(OCCN2CCCCC2)cc1. The third kappa shape index (κ3) is 5.32. The second kappa shape index (κ2) is 11.2. The first-order chi connectivity index (χ1) is 18.7. The number of hydrogen-bond donors (Lipinski definition) is 1. The van der Waals surface area contributed by atoms with E-state index in [2.05, 4.69) is 88.3 Å². The van der Waals surface area contributed by atoms with E-state index in [1.54, 1.807) is 6.07 Å². The van der Waals surface area contributed by atoms with Crippen LogP contribution in [0.15, 0.2) is 103 Å². The Bertz CT molecular complexity index is 1500. The number of nitrogens with zero attached hydrogens (tertiary/aromatic N) is 2. The van der Waals surface area contributed by atoms with E-state index < -0.39 is 0 Å². The van der Waals surface area contributed by atoms with Gasteiger partial charge in [0.05, 0.1) is 0 Å². The Labute approximate surface area is 224 Å². The lowest BCUT2D eigenvalue weighted by atomic mass is 10.0. The van der Waals surface area contributed by atoms with Gasteiger partial charge in [0.25, 0.3) is 0 Å². The van der Waals surface area contributed by atoms with Crippen LogP contribution in [0.3, 0.4) is 0 Å². The van der Waals surface area contributed by atoms with Crippen LogP contribution in [-0.2, 0) is 6.54 Å². The molecule has 1 saturated heterocycles. The summed E-state index contributed by atoms with van der Waals surface area (Å²) in [5.41, 5.74) is 6.62. The molecule has 1 aromatic heterocycles. The lowest BCUT2D eigenvalue weighted by molar-refractivity contribution is 0.183. The molecule has 4 heteroatoms. The third-order valence-corrected chi connectivity index (χ3v) is 7.57. The Kier molecular flexibility index (Phi) is 7.14. The summed E-state index contributed by atoms with van der Waals surface area (Å²) in [7, 11) is 0. The number of para-hydroxylation sites is 1. The number of aromatic nitrogens is 1. The quantitative estimate of drug-likeness (QED) is 0.237. The van der Waals surface area contributed by atoms with E-state index in [-0.39, 0.29) is 0 Å². The van der Waals surface area contributed by atoms with Crippen molar-refractivity contribution in [3.05, 3.63) is 109 Å². The summed E-state index contributed by atoms with van der Waals surface area (Å²) in [6, 6.07) is 35.3. The van der Waals surface area contributed by atoms with E-state index in [0.29, 0.717) is 5.75 Å². The summed E-state index contributed by atoms with van der Waals surface area (Å²) in [5, 5.41) is 11.5. The first kappa shape index (κ1) is 24.3. The number of likely N-dealkylation sites (tertiary alicyclic amines) is 1. The molecule has 1 aliphatic rings. The smallest absolute Gasteiger partial charge is 0.123 e. The molecule has 38 heavy (non-hydrogen) atoms. The van der Waals surface area contributed by atoms with Gasteiger partial charge in [0.1, 0.15) is 18.1 Å². The molecule has 0 aliphatic carbocycles. The summed E-state index contributed by atoms with van der Waals surface area (Å²) in [5.74, 6) is 1.23. The normalized spacial score (nSPS) is 14.1. The Balaban J connectivity index is 1.26. The van der Waals surface area contributed by atoms with Crippen molar-refractivity contribution < 1.29 is 9.84 Å². The Morgan fingerprint density at radius 1 is 0.711 bits per heavy atom. The monoisotopic (exact) mass is 502 g/mol. The van der Waals surface area contributed by atoms with E-state index in [1.165, 1.54) is 54.7 Å². The van der Waals surface area contributed by atoms with E-state index >= 15 is 0 Å². The van der Waals surface area contributed by atoms with E-state index in [9.17, 15) is 5.11 Å². The van der Waals surface area contributed by atoms with Gasteiger partial charge in [0, 0.05) is 35.2 Å². The highest BCUT2D eigenvalue weighted by Crippen LogP contribution is 2.35. The molecule has 0 spiro atoms. The molecule has 0 unspecified atom stereocenters. The predicted octanol–water partition coefficient (Wildman–Crippen LogP) is 7.59. The van der Waals surface area contributed by atoms with Crippen molar-refractivity contribution in [2.75, 3.05) is 26.2 Å². The fraction of sp³-hybridized carbons (Fsp3) is 0.235. The fourth-order valence-corrected chi connectivity index (χ4v) is 5.52. The fourth-order valence-electron chi connectivity index (χ4n) is 5.52. The summed E-state index contributed by atoms with van der Waals surface area (Å²) in [4.78, 5) is 2.50. The Morgan fingerprint density at radius 3 is 2.26 bits per heavy atom. The highest BCUT2D eigenvalue weighted by Gasteiger charge is 2.14. The molecule has 0 atom stereocenters. The van der Waals surface area contributed by atoms with Crippen LogP contribution < -0.4 is 4.74 Å². The van der Waals surface area contributed by atoms with Gasteiger partial charge in [-0.25, -0.2) is 0 Å². The van der Waals surface area contributed by atoms with Gasteiger partial charge in [0.15, 0.2) is 0 Å². The van der Waals surface area contributed by atoms with Crippen LogP contribution in [0.4, 0.5) is 0 Å². The van der Waals surface area contributed by atoms with E-state index in [1.807, 2.05) is 18.2 Å². The molecule has 0 amide bonds. The highest BCUT2D eigenvalue weighted by atomic mass is 16.5. The van der Waals surface area contributed by atoms with Crippen LogP contribution in [0.5, 0.6) is 11.5 Å². The summed E-state index contributed by atoms with van der Waals surface area (Å²) in [6.07, 6.45) is 3.98. The largest absolute Gasteiger partial charge is 0.507 e. The lowest BCUT2D eigenvalue weighted by Gasteiger charge is -2.26. The topological polar surface area (TPSA) is 37.6 Å². The van der Waals surface area contributed by atoms with Gasteiger partial charge in [0.2, 0.25) is 0 Å². The minimum atomic E-state index is 0.299. The zero-order chi connectivity index (χ0) is 25.7. The van der Waals surface area contributed by atoms with Gasteiger partial charge < -0.3 is 14.4 Å². The molecule has 192 valence electrons. The molecule has 2 heterocycles. The molecule has 6 rings (SSSR count). The maximum Gasteiger partial charge on any atom is 0.123 e. The first-order valence-corrected chi connectivity index (χ1v) is 13.7. The van der Waals surface area contributed by atoms with Crippen molar-refractivity contribution in [3.8, 4) is 33.9 Å². The average Bonchev–Trinajstić information content (AvgIpc) is 3.32. The standard InChI is InChI=1S/C34H34N2O2/c37-34-12-6-5-11-31(34)28-15-18-32-29(23-28)24-33(27-9-3-1-4-10-27)36(32)25-26-13-16-30(17-14-26)38-22-21-35-19-7-2-8-20-35/h1,3-6,9-18,23-24,37H,2,7-8,19-22,25H2. The number of rotatable bonds is 8. The summed E-state index contributed by atoms with van der Waals surface area (Å²) >= 11 is 0. The van der Waals surface area contributed by atoms with Crippen molar-refractivity contribution in [1.82, 2.24) is 9.47 Å². The third-order valence-electron chi connectivity index (χ3n) is 7.57. The van der Waals surface area contributed by atoms with Gasteiger partial charge in [-0.15, -0.1) is 0 Å². The minimum absolute atomic E-state index is 0.299. The van der Waals surface area contributed by atoms with Gasteiger partial charge in [-0.05, 0) is 79.0 Å². The maximum atomic E-state index is 10.4. The molecular formula is C34H34N2O2. The van der Waals surface area contributed by atoms with Crippen molar-refractivity contribution in [2.45, 2.75) is 25.8 Å². The number of aromatic hydroxyl groups is 1. The van der Waals surface area contributed by atoms with Crippen LogP contribution in [0.2, 0.25) is 0 Å². The summed E-state index contributed by atoms with van der Waals surface area (Å²) in [6.45, 7) is 4.90. The van der Waals surface area contributed by atoms with Crippen LogP contribution in [0, 0.1) is 0 Å². The molecular weight excluding hydrogens is 468 g/mol. The molecule has 1 N–H and O–H groups in total. The molecule has 0 radical (unpaired) electrons. The zero-order valence-electron chi connectivity index (χ0n) is 21.7. The first-order valence-electron chi connectivity index (χ1n) is 13.7. The average molecular weight is 503 g/mol. The molecule has 1 fully saturated rings. The number of benzene rings is 4. The molecule has 5 aromatic rings. The number of fused-ring (bicyclic) bond motifs is 1. The van der Waals surface area contributed by atoms with Crippen molar-refractivity contribution in [2.24, 2.45) is 0 Å². The van der Waals surface area contributed by atoms with E-state index in [0.717, 1.165) is 42.0 Å². The highest BCUT2D eigenvalue weighted by molar-refractivity contribution is 5.91. The zero-order valence-corrected chi connectivity index (χ0v) is 21.7.